The van der Waals surface area contributed by atoms with Crippen molar-refractivity contribution >= 4 is 11.8 Å². The monoisotopic (exact) mass is 391 g/mol. The minimum Gasteiger partial charge on any atom is -0.353 e. The van der Waals surface area contributed by atoms with Crippen LogP contribution in [0.3, 0.4) is 0 Å². The van der Waals surface area contributed by atoms with Gasteiger partial charge in [-0.15, -0.1) is 0 Å². The lowest BCUT2D eigenvalue weighted by molar-refractivity contribution is -0.121. The predicted molar refractivity (Wildman–Crippen MR) is 112 cm³/mol. The molecule has 1 saturated heterocycles. The Kier molecular flexibility index (Phi) is 4.49. The lowest BCUT2D eigenvalue weighted by Crippen LogP contribution is -2.44. The highest BCUT2D eigenvalue weighted by Gasteiger charge is 2.46. The second-order valence-electron chi connectivity index (χ2n) is 9.11. The Labute approximate surface area is 172 Å². The number of benzene rings is 1. The van der Waals surface area contributed by atoms with E-state index in [1.165, 1.54) is 11.1 Å². The highest BCUT2D eigenvalue weighted by molar-refractivity contribution is 5.92. The Morgan fingerprint density at radius 3 is 2.55 bits per heavy atom. The maximum absolute atomic E-state index is 12.9. The van der Waals surface area contributed by atoms with Crippen molar-refractivity contribution in [2.45, 2.75) is 55.9 Å². The molecule has 2 amide bonds. The van der Waals surface area contributed by atoms with Crippen molar-refractivity contribution in [1.29, 1.82) is 0 Å². The van der Waals surface area contributed by atoms with Gasteiger partial charge in [0.15, 0.2) is 0 Å². The van der Waals surface area contributed by atoms with Gasteiger partial charge in [-0.2, -0.15) is 0 Å². The first kappa shape index (κ1) is 18.5. The number of aromatic nitrogens is 1. The average Bonchev–Trinajstić information content (AvgIpc) is 3.36. The predicted octanol–water partition coefficient (Wildman–Crippen LogP) is 3.36. The molecule has 2 aromatic rings. The minimum absolute atomic E-state index is 0.103. The van der Waals surface area contributed by atoms with Crippen LogP contribution in [0.15, 0.2) is 42.6 Å². The van der Waals surface area contributed by atoms with Gasteiger partial charge in [0.25, 0.3) is 5.91 Å². The molecule has 152 valence electrons. The molecule has 0 bridgehead atoms. The zero-order valence-corrected chi connectivity index (χ0v) is 17.1. The van der Waals surface area contributed by atoms with E-state index in [4.69, 9.17) is 0 Å². The van der Waals surface area contributed by atoms with Crippen molar-refractivity contribution in [1.82, 2.24) is 14.8 Å². The Morgan fingerprint density at radius 1 is 1.10 bits per heavy atom. The number of nitrogens with one attached hydrogen (secondary N) is 1. The summed E-state index contributed by atoms with van der Waals surface area (Å²) in [5.41, 5.74) is 3.62. The number of piperidine rings is 1. The van der Waals surface area contributed by atoms with E-state index in [0.29, 0.717) is 18.4 Å². The second-order valence-corrected chi connectivity index (χ2v) is 9.11. The first-order valence-electron chi connectivity index (χ1n) is 10.9. The summed E-state index contributed by atoms with van der Waals surface area (Å²) in [6.07, 6.45) is 7.73. The van der Waals surface area contributed by atoms with Crippen molar-refractivity contribution in [3.05, 3.63) is 59.4 Å². The smallest absolute Gasteiger partial charge is 0.270 e. The number of likely N-dealkylation sites (tertiary alicyclic amines) is 1. The number of rotatable bonds is 4. The molecule has 1 atom stereocenters. The number of hydrogen-bond donors (Lipinski definition) is 1. The number of fused-ring (bicyclic) bond motifs is 2. The zero-order chi connectivity index (χ0) is 20.0. The summed E-state index contributed by atoms with van der Waals surface area (Å²) in [5.74, 6) is 0.611. The van der Waals surface area contributed by atoms with Crippen LogP contribution >= 0.6 is 0 Å². The molecule has 1 aliphatic heterocycles. The van der Waals surface area contributed by atoms with E-state index in [1.54, 1.807) is 0 Å². The Bertz CT molecular complexity index is 935. The van der Waals surface area contributed by atoms with E-state index in [2.05, 4.69) is 29.6 Å². The fourth-order valence-electron chi connectivity index (χ4n) is 5.40. The molecule has 2 heterocycles. The van der Waals surface area contributed by atoms with E-state index >= 15 is 0 Å². The van der Waals surface area contributed by atoms with Gasteiger partial charge in [0, 0.05) is 38.8 Å². The quantitative estimate of drug-likeness (QED) is 0.869. The third-order valence-corrected chi connectivity index (χ3v) is 7.15. The van der Waals surface area contributed by atoms with Gasteiger partial charge in [-0.3, -0.25) is 9.59 Å². The minimum atomic E-state index is 0.103. The van der Waals surface area contributed by atoms with Crippen molar-refractivity contribution in [2.24, 2.45) is 7.05 Å². The van der Waals surface area contributed by atoms with Gasteiger partial charge >= 0.3 is 0 Å². The van der Waals surface area contributed by atoms with Crippen LogP contribution in [-0.2, 0) is 17.3 Å². The highest BCUT2D eigenvalue weighted by atomic mass is 16.2. The highest BCUT2D eigenvalue weighted by Crippen LogP contribution is 2.52. The number of amides is 2. The van der Waals surface area contributed by atoms with Gasteiger partial charge in [-0.05, 0) is 66.7 Å². The molecule has 1 saturated carbocycles. The molecule has 3 aliphatic rings. The van der Waals surface area contributed by atoms with Crippen LogP contribution in [0.25, 0.3) is 0 Å². The number of hydrogen-bond acceptors (Lipinski definition) is 2. The normalized spacial score (nSPS) is 22.5. The zero-order valence-electron chi connectivity index (χ0n) is 17.1. The van der Waals surface area contributed by atoms with Crippen molar-refractivity contribution in [3.8, 4) is 0 Å². The molecule has 1 N–H and O–H groups in total. The molecule has 5 nitrogen and oxygen atoms in total. The van der Waals surface area contributed by atoms with Crippen molar-refractivity contribution < 1.29 is 9.59 Å². The first-order valence-corrected chi connectivity index (χ1v) is 10.9. The van der Waals surface area contributed by atoms with Gasteiger partial charge < -0.3 is 14.8 Å². The summed E-state index contributed by atoms with van der Waals surface area (Å²) in [4.78, 5) is 27.4. The molecule has 2 aliphatic carbocycles. The average molecular weight is 392 g/mol. The maximum atomic E-state index is 12.9. The van der Waals surface area contributed by atoms with Gasteiger partial charge in [0.2, 0.25) is 5.91 Å². The standard InChI is InChI=1S/C24H29N3O2/c1-26-12-4-7-21(26)23(29)27-13-10-24(11-14-27)16-17(15-22(28)25-18-8-9-18)19-5-2-3-6-20(19)24/h2-7,12,17-18H,8-11,13-16H2,1H3,(H,25,28)/t17-/m0/s1. The summed E-state index contributed by atoms with van der Waals surface area (Å²) in [7, 11) is 1.92. The maximum Gasteiger partial charge on any atom is 0.270 e. The molecule has 5 heteroatoms. The van der Waals surface area contributed by atoms with Crippen LogP contribution in [0.4, 0.5) is 0 Å². The van der Waals surface area contributed by atoms with Crippen molar-refractivity contribution in [2.75, 3.05) is 13.1 Å². The van der Waals surface area contributed by atoms with Gasteiger partial charge in [-0.1, -0.05) is 24.3 Å². The molecular weight excluding hydrogens is 362 g/mol. The summed E-state index contributed by atoms with van der Waals surface area (Å²) < 4.78 is 1.89. The van der Waals surface area contributed by atoms with Crippen LogP contribution in [0.1, 0.15) is 66.1 Å². The fourth-order valence-corrected chi connectivity index (χ4v) is 5.40. The van der Waals surface area contributed by atoms with Crippen LogP contribution in [0, 0.1) is 0 Å². The van der Waals surface area contributed by atoms with E-state index < -0.39 is 0 Å². The summed E-state index contributed by atoms with van der Waals surface area (Å²) >= 11 is 0. The van der Waals surface area contributed by atoms with E-state index in [-0.39, 0.29) is 17.2 Å². The van der Waals surface area contributed by atoms with Crippen LogP contribution in [0.5, 0.6) is 0 Å². The molecular formula is C24H29N3O2. The molecule has 1 aromatic carbocycles. The lowest BCUT2D eigenvalue weighted by atomic mass is 9.73. The SMILES string of the molecule is Cn1cccc1C(=O)N1CCC2(CC1)C[C@H](CC(=O)NC1CC1)c1ccccc12. The van der Waals surface area contributed by atoms with Gasteiger partial charge in [0.1, 0.15) is 5.69 Å². The molecule has 0 unspecified atom stereocenters. The summed E-state index contributed by atoms with van der Waals surface area (Å²) in [5, 5.41) is 3.15. The molecule has 2 fully saturated rings. The van der Waals surface area contributed by atoms with Gasteiger partial charge in [0.05, 0.1) is 0 Å². The number of carbonyl (C=O) groups is 2. The molecule has 1 aromatic heterocycles. The fraction of sp³-hybridized carbons (Fsp3) is 0.500. The summed E-state index contributed by atoms with van der Waals surface area (Å²) in [6.45, 7) is 1.55. The third-order valence-electron chi connectivity index (χ3n) is 7.15. The topological polar surface area (TPSA) is 54.3 Å². The molecule has 5 rings (SSSR count). The second kappa shape index (κ2) is 7.05. The Balaban J connectivity index is 1.31. The number of carbonyl (C=O) groups excluding carboxylic acids is 2. The summed E-state index contributed by atoms with van der Waals surface area (Å²) in [6, 6.07) is 12.9. The van der Waals surface area contributed by atoms with Gasteiger partial charge in [-0.25, -0.2) is 0 Å². The molecule has 1 spiro atoms. The van der Waals surface area contributed by atoms with E-state index in [0.717, 1.165) is 50.9 Å². The molecule has 29 heavy (non-hydrogen) atoms. The van der Waals surface area contributed by atoms with Crippen LogP contribution in [0.2, 0.25) is 0 Å². The lowest BCUT2D eigenvalue weighted by Gasteiger charge is -2.40. The Hall–Kier alpha value is -2.56. The molecule has 0 radical (unpaired) electrons. The van der Waals surface area contributed by atoms with Crippen LogP contribution < -0.4 is 5.32 Å². The number of nitrogens with zero attached hydrogens (tertiary/aromatic N) is 2. The van der Waals surface area contributed by atoms with Crippen molar-refractivity contribution in [3.63, 3.8) is 0 Å². The largest absolute Gasteiger partial charge is 0.353 e. The Morgan fingerprint density at radius 2 is 1.86 bits per heavy atom. The van der Waals surface area contributed by atoms with Crippen LogP contribution in [-0.4, -0.2) is 40.4 Å². The van der Waals surface area contributed by atoms with E-state index in [9.17, 15) is 9.59 Å². The third kappa shape index (κ3) is 3.37. The number of aryl methyl sites for hydroxylation is 1. The van der Waals surface area contributed by atoms with E-state index in [1.807, 2.05) is 34.8 Å². The first-order chi connectivity index (χ1) is 14.1.